The van der Waals surface area contributed by atoms with E-state index < -0.39 is 5.82 Å². The summed E-state index contributed by atoms with van der Waals surface area (Å²) < 4.78 is 24.9. The van der Waals surface area contributed by atoms with E-state index in [9.17, 15) is 9.18 Å². The van der Waals surface area contributed by atoms with E-state index in [2.05, 4.69) is 20.7 Å². The number of nitrogens with zero attached hydrogens (tertiary/aromatic N) is 2. The Morgan fingerprint density at radius 2 is 2.22 bits per heavy atom. The number of aromatic nitrogens is 3. The zero-order chi connectivity index (χ0) is 18.8. The average Bonchev–Trinajstić information content (AvgIpc) is 3.38. The van der Waals surface area contributed by atoms with Gasteiger partial charge in [0.1, 0.15) is 11.6 Å². The largest absolute Gasteiger partial charge is 0.379 e. The van der Waals surface area contributed by atoms with Crippen LogP contribution in [-0.4, -0.2) is 40.5 Å². The summed E-state index contributed by atoms with van der Waals surface area (Å²) in [5, 5.41) is 13.5. The molecule has 0 unspecified atom stereocenters. The van der Waals surface area contributed by atoms with Gasteiger partial charge in [-0.05, 0) is 19.1 Å². The Labute approximate surface area is 154 Å². The third-order valence-corrected chi connectivity index (χ3v) is 4.68. The highest BCUT2D eigenvalue weighted by atomic mass is 19.1. The van der Waals surface area contributed by atoms with Crippen LogP contribution in [0, 0.1) is 18.7 Å². The molecule has 1 amide bonds. The Bertz CT molecular complexity index is 952. The molecule has 2 atom stereocenters. The molecule has 0 saturated carbocycles. The summed E-state index contributed by atoms with van der Waals surface area (Å²) in [5.41, 5.74) is 1.77. The van der Waals surface area contributed by atoms with Crippen LogP contribution in [0.2, 0.25) is 0 Å². The Hall–Kier alpha value is -3.00. The first kappa shape index (κ1) is 17.4. The van der Waals surface area contributed by atoms with Crippen molar-refractivity contribution in [3.8, 4) is 11.3 Å². The molecular formula is C19H19FN4O3. The Morgan fingerprint density at radius 3 is 3.00 bits per heavy atom. The van der Waals surface area contributed by atoms with Crippen molar-refractivity contribution in [1.29, 1.82) is 0 Å². The van der Waals surface area contributed by atoms with E-state index in [0.717, 1.165) is 11.5 Å². The number of rotatable bonds is 5. The number of amides is 1. The van der Waals surface area contributed by atoms with Gasteiger partial charge in [0.15, 0.2) is 0 Å². The minimum atomic E-state index is -0.418. The second-order valence-corrected chi connectivity index (χ2v) is 6.65. The SMILES string of the molecule is Cc1cc(C[C@@H]2COC[C@@H]2NC(=O)c2cn[nH]c2-c2ccccc2F)on1. The fourth-order valence-electron chi connectivity index (χ4n) is 3.30. The lowest BCUT2D eigenvalue weighted by atomic mass is 9.97. The molecule has 7 nitrogen and oxygen atoms in total. The lowest BCUT2D eigenvalue weighted by Crippen LogP contribution is -2.40. The molecule has 1 aliphatic heterocycles. The van der Waals surface area contributed by atoms with Gasteiger partial charge in [-0.25, -0.2) is 4.39 Å². The molecule has 1 fully saturated rings. The van der Waals surface area contributed by atoms with E-state index in [0.29, 0.717) is 36.5 Å². The topological polar surface area (TPSA) is 93.0 Å². The third-order valence-electron chi connectivity index (χ3n) is 4.68. The highest BCUT2D eigenvalue weighted by Crippen LogP contribution is 2.25. The van der Waals surface area contributed by atoms with Crippen LogP contribution in [-0.2, 0) is 11.2 Å². The average molecular weight is 370 g/mol. The number of aromatic amines is 1. The standard InChI is InChI=1S/C19H19FN4O3/c1-11-6-13(27-24-11)7-12-9-26-10-17(12)22-19(25)15-8-21-23-18(15)14-4-2-3-5-16(14)20/h2-6,8,12,17H,7,9-10H2,1H3,(H,21,23)(H,22,25)/t12-,17+/m1/s1. The van der Waals surface area contributed by atoms with Crippen molar-refractivity contribution in [2.75, 3.05) is 13.2 Å². The molecule has 27 heavy (non-hydrogen) atoms. The molecule has 0 spiro atoms. The van der Waals surface area contributed by atoms with Crippen molar-refractivity contribution in [3.05, 3.63) is 59.4 Å². The fraction of sp³-hybridized carbons (Fsp3) is 0.316. The number of ether oxygens (including phenoxy) is 1. The van der Waals surface area contributed by atoms with E-state index in [1.807, 2.05) is 13.0 Å². The summed E-state index contributed by atoms with van der Waals surface area (Å²) in [6.45, 7) is 2.80. The van der Waals surface area contributed by atoms with E-state index in [-0.39, 0.29) is 17.9 Å². The highest BCUT2D eigenvalue weighted by molar-refractivity contribution is 6.00. The summed E-state index contributed by atoms with van der Waals surface area (Å²) in [5.74, 6) is 0.0949. The molecule has 8 heteroatoms. The molecule has 140 valence electrons. The van der Waals surface area contributed by atoms with Gasteiger partial charge in [-0.3, -0.25) is 9.89 Å². The van der Waals surface area contributed by atoms with Gasteiger partial charge in [-0.15, -0.1) is 0 Å². The lowest BCUT2D eigenvalue weighted by Gasteiger charge is -2.18. The second-order valence-electron chi connectivity index (χ2n) is 6.65. The van der Waals surface area contributed by atoms with Crippen molar-refractivity contribution in [3.63, 3.8) is 0 Å². The number of carbonyl (C=O) groups is 1. The monoisotopic (exact) mass is 370 g/mol. The second kappa shape index (κ2) is 7.32. The summed E-state index contributed by atoms with van der Waals surface area (Å²) in [4.78, 5) is 12.8. The zero-order valence-corrected chi connectivity index (χ0v) is 14.7. The van der Waals surface area contributed by atoms with Crippen LogP contribution in [0.3, 0.4) is 0 Å². The molecule has 2 aromatic heterocycles. The van der Waals surface area contributed by atoms with Crippen molar-refractivity contribution < 1.29 is 18.4 Å². The third kappa shape index (κ3) is 3.61. The van der Waals surface area contributed by atoms with Crippen LogP contribution in [0.1, 0.15) is 21.8 Å². The maximum atomic E-state index is 14.1. The van der Waals surface area contributed by atoms with Crippen LogP contribution >= 0.6 is 0 Å². The van der Waals surface area contributed by atoms with Crippen LogP contribution in [0.4, 0.5) is 4.39 Å². The lowest BCUT2D eigenvalue weighted by molar-refractivity contribution is 0.0925. The summed E-state index contributed by atoms with van der Waals surface area (Å²) in [7, 11) is 0. The minimum Gasteiger partial charge on any atom is -0.379 e. The molecule has 1 aliphatic rings. The molecule has 4 rings (SSSR count). The Balaban J connectivity index is 1.49. The number of nitrogens with one attached hydrogen (secondary N) is 2. The highest BCUT2D eigenvalue weighted by Gasteiger charge is 2.32. The number of carbonyl (C=O) groups excluding carboxylic acids is 1. The van der Waals surface area contributed by atoms with Crippen molar-refractivity contribution in [2.45, 2.75) is 19.4 Å². The molecule has 3 heterocycles. The number of hydrogen-bond donors (Lipinski definition) is 2. The van der Waals surface area contributed by atoms with Crippen LogP contribution in [0.5, 0.6) is 0 Å². The molecule has 0 aliphatic carbocycles. The Morgan fingerprint density at radius 1 is 1.37 bits per heavy atom. The van der Waals surface area contributed by atoms with Gasteiger partial charge in [0.25, 0.3) is 5.91 Å². The quantitative estimate of drug-likeness (QED) is 0.720. The molecule has 0 radical (unpaired) electrons. The molecular weight excluding hydrogens is 351 g/mol. The molecule has 0 bridgehead atoms. The van der Waals surface area contributed by atoms with Crippen molar-refractivity contribution in [2.24, 2.45) is 5.92 Å². The number of benzene rings is 1. The number of aryl methyl sites for hydroxylation is 1. The zero-order valence-electron chi connectivity index (χ0n) is 14.7. The van der Waals surface area contributed by atoms with Crippen molar-refractivity contribution >= 4 is 5.91 Å². The van der Waals surface area contributed by atoms with Crippen LogP contribution < -0.4 is 5.32 Å². The normalized spacial score (nSPS) is 19.3. The first-order valence-electron chi connectivity index (χ1n) is 8.71. The van der Waals surface area contributed by atoms with Gasteiger partial charge in [0.2, 0.25) is 0 Å². The summed E-state index contributed by atoms with van der Waals surface area (Å²) >= 11 is 0. The first-order chi connectivity index (χ1) is 13.1. The van der Waals surface area contributed by atoms with Gasteiger partial charge in [0.05, 0.1) is 42.4 Å². The van der Waals surface area contributed by atoms with Gasteiger partial charge in [-0.2, -0.15) is 5.10 Å². The maximum absolute atomic E-state index is 14.1. The van der Waals surface area contributed by atoms with Crippen molar-refractivity contribution in [1.82, 2.24) is 20.7 Å². The van der Waals surface area contributed by atoms with Gasteiger partial charge in [0, 0.05) is 24.0 Å². The molecule has 2 N–H and O–H groups in total. The number of hydrogen-bond acceptors (Lipinski definition) is 5. The number of H-pyrrole nitrogens is 1. The predicted molar refractivity (Wildman–Crippen MR) is 94.5 cm³/mol. The summed E-state index contributed by atoms with van der Waals surface area (Å²) in [6, 6.07) is 7.96. The maximum Gasteiger partial charge on any atom is 0.255 e. The predicted octanol–water partition coefficient (Wildman–Crippen LogP) is 2.50. The van der Waals surface area contributed by atoms with Gasteiger partial charge in [-0.1, -0.05) is 17.3 Å². The molecule has 1 aromatic carbocycles. The van der Waals surface area contributed by atoms with E-state index >= 15 is 0 Å². The minimum absolute atomic E-state index is 0.0742. The van der Waals surface area contributed by atoms with Gasteiger partial charge >= 0.3 is 0 Å². The van der Waals surface area contributed by atoms with E-state index in [1.54, 1.807) is 18.2 Å². The van der Waals surface area contributed by atoms with Crippen LogP contribution in [0.25, 0.3) is 11.3 Å². The van der Waals surface area contributed by atoms with E-state index in [4.69, 9.17) is 9.26 Å². The molecule has 3 aromatic rings. The Kier molecular flexibility index (Phi) is 4.72. The summed E-state index contributed by atoms with van der Waals surface area (Å²) in [6.07, 6.45) is 2.03. The van der Waals surface area contributed by atoms with E-state index in [1.165, 1.54) is 12.3 Å². The molecule has 1 saturated heterocycles. The van der Waals surface area contributed by atoms with Crippen LogP contribution in [0.15, 0.2) is 41.1 Å². The smallest absolute Gasteiger partial charge is 0.255 e. The first-order valence-corrected chi connectivity index (χ1v) is 8.71. The number of halogens is 1. The fourth-order valence-corrected chi connectivity index (χ4v) is 3.30. The van der Waals surface area contributed by atoms with Gasteiger partial charge < -0.3 is 14.6 Å².